The van der Waals surface area contributed by atoms with E-state index in [4.69, 9.17) is 4.74 Å². The van der Waals surface area contributed by atoms with E-state index in [1.807, 2.05) is 36.5 Å². The number of hydrogen-bond donors (Lipinski definition) is 0. The van der Waals surface area contributed by atoms with Crippen molar-refractivity contribution in [1.82, 2.24) is 9.55 Å². The fraction of sp³-hybridized carbons (Fsp3) is 0.250. The van der Waals surface area contributed by atoms with Gasteiger partial charge in [0.2, 0.25) is 0 Å². The van der Waals surface area contributed by atoms with Gasteiger partial charge in [-0.2, -0.15) is 0 Å². The Morgan fingerprint density at radius 2 is 2.06 bits per heavy atom. The summed E-state index contributed by atoms with van der Waals surface area (Å²) in [5.41, 5.74) is 1.07. The topological polar surface area (TPSA) is 27.1 Å². The van der Waals surface area contributed by atoms with Crippen molar-refractivity contribution >= 4 is 15.9 Å². The van der Waals surface area contributed by atoms with E-state index in [-0.39, 0.29) is 0 Å². The normalized spacial score (nSPS) is 10.4. The molecule has 0 aliphatic carbocycles. The van der Waals surface area contributed by atoms with Crippen LogP contribution in [0.5, 0.6) is 5.75 Å². The van der Waals surface area contributed by atoms with Gasteiger partial charge in [-0.05, 0) is 35.0 Å². The Morgan fingerprint density at radius 3 is 2.75 bits per heavy atom. The van der Waals surface area contributed by atoms with Crippen LogP contribution in [0.25, 0.3) is 0 Å². The highest BCUT2D eigenvalue weighted by atomic mass is 79.9. The average Bonchev–Trinajstić information content (AvgIpc) is 2.68. The van der Waals surface area contributed by atoms with Crippen LogP contribution in [0.4, 0.5) is 0 Å². The molecule has 1 aromatic heterocycles. The van der Waals surface area contributed by atoms with Crippen LogP contribution in [0.3, 0.4) is 0 Å². The molecular formula is C12H13BrN2O. The van der Waals surface area contributed by atoms with Gasteiger partial charge in [-0.1, -0.05) is 18.2 Å². The molecule has 0 unspecified atom stereocenters. The molecule has 4 heteroatoms. The summed E-state index contributed by atoms with van der Waals surface area (Å²) in [5, 5.41) is 0. The lowest BCUT2D eigenvalue weighted by molar-refractivity contribution is 0.295. The lowest BCUT2D eigenvalue weighted by Crippen LogP contribution is -2.04. The van der Waals surface area contributed by atoms with Gasteiger partial charge in [-0.15, -0.1) is 0 Å². The Morgan fingerprint density at radius 1 is 1.31 bits per heavy atom. The Hall–Kier alpha value is -1.29. The van der Waals surface area contributed by atoms with Crippen LogP contribution in [0.2, 0.25) is 0 Å². The third kappa shape index (κ3) is 2.44. The predicted octanol–water partition coefficient (Wildman–Crippen LogP) is 3.24. The first kappa shape index (κ1) is 11.2. The molecule has 0 amide bonds. The molecule has 0 saturated heterocycles. The number of aromatic nitrogens is 2. The minimum absolute atomic E-state index is 0.538. The predicted molar refractivity (Wildman–Crippen MR) is 66.4 cm³/mol. The Kier molecular flexibility index (Phi) is 3.62. The first-order valence-corrected chi connectivity index (χ1v) is 5.98. The molecule has 1 aromatic carbocycles. The molecule has 2 aromatic rings. The SMILES string of the molecule is CCn1c(COc2ccccc2)cnc1Br. The van der Waals surface area contributed by atoms with Crippen LogP contribution in [0.1, 0.15) is 12.6 Å². The zero-order valence-corrected chi connectivity index (χ0v) is 10.6. The van der Waals surface area contributed by atoms with E-state index < -0.39 is 0 Å². The summed E-state index contributed by atoms with van der Waals surface area (Å²) < 4.78 is 8.59. The molecule has 0 spiro atoms. The van der Waals surface area contributed by atoms with E-state index in [2.05, 4.69) is 32.4 Å². The van der Waals surface area contributed by atoms with E-state index in [0.717, 1.165) is 22.7 Å². The summed E-state index contributed by atoms with van der Waals surface area (Å²) in [6.07, 6.45) is 1.83. The average molecular weight is 281 g/mol. The van der Waals surface area contributed by atoms with Gasteiger partial charge in [-0.25, -0.2) is 4.98 Å². The Balaban J connectivity index is 2.05. The zero-order valence-electron chi connectivity index (χ0n) is 9.06. The zero-order chi connectivity index (χ0) is 11.4. The van der Waals surface area contributed by atoms with E-state index in [9.17, 15) is 0 Å². The van der Waals surface area contributed by atoms with Crippen molar-refractivity contribution in [2.24, 2.45) is 0 Å². The molecule has 16 heavy (non-hydrogen) atoms. The van der Waals surface area contributed by atoms with Crippen LogP contribution in [0.15, 0.2) is 41.3 Å². The van der Waals surface area contributed by atoms with E-state index >= 15 is 0 Å². The standard InChI is InChI=1S/C12H13BrN2O/c1-2-15-10(8-14-12(15)13)9-16-11-6-4-3-5-7-11/h3-8H,2,9H2,1H3. The third-order valence-corrected chi connectivity index (χ3v) is 2.97. The highest BCUT2D eigenvalue weighted by Gasteiger charge is 2.06. The van der Waals surface area contributed by atoms with Crippen LogP contribution < -0.4 is 4.74 Å². The van der Waals surface area contributed by atoms with Crippen LogP contribution in [-0.2, 0) is 13.2 Å². The maximum atomic E-state index is 5.67. The highest BCUT2D eigenvalue weighted by molar-refractivity contribution is 9.10. The van der Waals surface area contributed by atoms with E-state index in [1.54, 1.807) is 0 Å². The lowest BCUT2D eigenvalue weighted by Gasteiger charge is -2.08. The van der Waals surface area contributed by atoms with E-state index in [0.29, 0.717) is 6.61 Å². The molecule has 2 rings (SSSR count). The number of imidazole rings is 1. The minimum atomic E-state index is 0.538. The summed E-state index contributed by atoms with van der Waals surface area (Å²) >= 11 is 3.40. The fourth-order valence-corrected chi connectivity index (χ4v) is 2.09. The van der Waals surface area contributed by atoms with Crippen molar-refractivity contribution in [2.45, 2.75) is 20.1 Å². The Labute approximate surface area is 103 Å². The molecule has 0 fully saturated rings. The fourth-order valence-electron chi connectivity index (χ4n) is 1.51. The second kappa shape index (κ2) is 5.16. The first-order chi connectivity index (χ1) is 7.81. The van der Waals surface area contributed by atoms with Crippen molar-refractivity contribution in [2.75, 3.05) is 0 Å². The first-order valence-electron chi connectivity index (χ1n) is 5.19. The van der Waals surface area contributed by atoms with E-state index in [1.165, 1.54) is 0 Å². The molecule has 1 heterocycles. The number of benzene rings is 1. The van der Waals surface area contributed by atoms with Gasteiger partial charge >= 0.3 is 0 Å². The molecule has 0 saturated carbocycles. The number of rotatable bonds is 4. The molecule has 0 radical (unpaired) electrons. The molecule has 0 atom stereocenters. The van der Waals surface area contributed by atoms with Gasteiger partial charge in [0.15, 0.2) is 4.73 Å². The van der Waals surface area contributed by atoms with Crippen molar-refractivity contribution < 1.29 is 4.74 Å². The molecule has 3 nitrogen and oxygen atoms in total. The van der Waals surface area contributed by atoms with Crippen LogP contribution in [0, 0.1) is 0 Å². The van der Waals surface area contributed by atoms with Crippen molar-refractivity contribution in [3.05, 3.63) is 47.0 Å². The van der Waals surface area contributed by atoms with Gasteiger partial charge in [0, 0.05) is 6.54 Å². The number of para-hydroxylation sites is 1. The van der Waals surface area contributed by atoms with Gasteiger partial charge in [0.25, 0.3) is 0 Å². The summed E-state index contributed by atoms with van der Waals surface area (Å²) in [5.74, 6) is 0.877. The molecule has 0 aliphatic rings. The second-order valence-electron chi connectivity index (χ2n) is 3.36. The number of hydrogen-bond acceptors (Lipinski definition) is 2. The molecule has 0 bridgehead atoms. The van der Waals surface area contributed by atoms with Crippen molar-refractivity contribution in [3.63, 3.8) is 0 Å². The van der Waals surface area contributed by atoms with Gasteiger partial charge in [-0.3, -0.25) is 0 Å². The van der Waals surface area contributed by atoms with Gasteiger partial charge < -0.3 is 9.30 Å². The quantitative estimate of drug-likeness (QED) is 0.860. The van der Waals surface area contributed by atoms with Crippen LogP contribution >= 0.6 is 15.9 Å². The molecular weight excluding hydrogens is 268 g/mol. The summed E-state index contributed by atoms with van der Waals surface area (Å²) in [7, 11) is 0. The maximum Gasteiger partial charge on any atom is 0.177 e. The maximum absolute atomic E-state index is 5.67. The Bertz CT molecular complexity index is 453. The van der Waals surface area contributed by atoms with Crippen LogP contribution in [-0.4, -0.2) is 9.55 Å². The number of nitrogens with zero attached hydrogens (tertiary/aromatic N) is 2. The highest BCUT2D eigenvalue weighted by Crippen LogP contribution is 2.15. The number of halogens is 1. The third-order valence-electron chi connectivity index (χ3n) is 2.34. The summed E-state index contributed by atoms with van der Waals surface area (Å²) in [6, 6.07) is 9.79. The van der Waals surface area contributed by atoms with Crippen molar-refractivity contribution in [3.8, 4) is 5.75 Å². The summed E-state index contributed by atoms with van der Waals surface area (Å²) in [6.45, 7) is 3.50. The lowest BCUT2D eigenvalue weighted by atomic mass is 10.3. The van der Waals surface area contributed by atoms with Gasteiger partial charge in [0.05, 0.1) is 11.9 Å². The smallest absolute Gasteiger partial charge is 0.177 e. The summed E-state index contributed by atoms with van der Waals surface area (Å²) in [4.78, 5) is 4.20. The largest absolute Gasteiger partial charge is 0.487 e. The molecule has 0 N–H and O–H groups in total. The van der Waals surface area contributed by atoms with Gasteiger partial charge in [0.1, 0.15) is 12.4 Å². The molecule has 84 valence electrons. The monoisotopic (exact) mass is 280 g/mol. The minimum Gasteiger partial charge on any atom is -0.487 e. The van der Waals surface area contributed by atoms with Crippen molar-refractivity contribution in [1.29, 1.82) is 0 Å². The molecule has 0 aliphatic heterocycles. The second-order valence-corrected chi connectivity index (χ2v) is 4.07. The number of ether oxygens (including phenoxy) is 1.